The normalized spacial score (nSPS) is 16.1. The molecule has 0 spiro atoms. The summed E-state index contributed by atoms with van der Waals surface area (Å²) < 4.78 is 51.6. The van der Waals surface area contributed by atoms with Gasteiger partial charge in [0.15, 0.2) is 0 Å². The first-order valence-corrected chi connectivity index (χ1v) is 11.6. The molecule has 0 saturated carbocycles. The lowest BCUT2D eigenvalue weighted by Crippen LogP contribution is -2.31. The number of carbonyl (C=O) groups is 1. The first-order chi connectivity index (χ1) is 14.6. The van der Waals surface area contributed by atoms with Crippen LogP contribution in [0.5, 0.6) is 0 Å². The van der Waals surface area contributed by atoms with E-state index in [0.29, 0.717) is 12.2 Å². The molecule has 1 unspecified atom stereocenters. The van der Waals surface area contributed by atoms with Crippen molar-refractivity contribution in [1.82, 2.24) is 4.31 Å². The van der Waals surface area contributed by atoms with Gasteiger partial charge in [-0.3, -0.25) is 0 Å². The van der Waals surface area contributed by atoms with Gasteiger partial charge in [-0.05, 0) is 42.3 Å². The summed E-state index contributed by atoms with van der Waals surface area (Å²) in [5.41, 5.74) is 0.762. The first kappa shape index (κ1) is 23.7. The molecule has 3 rings (SSSR count). The summed E-state index contributed by atoms with van der Waals surface area (Å²) in [6.45, 7) is 2.55. The second kappa shape index (κ2) is 9.67. The number of nitrogens with zero attached hydrogens (tertiary/aromatic N) is 1. The average Bonchev–Trinajstić information content (AvgIpc) is 3.49. The smallest absolute Gasteiger partial charge is 0.330 e. The van der Waals surface area contributed by atoms with E-state index in [0.717, 1.165) is 4.31 Å². The van der Waals surface area contributed by atoms with Crippen LogP contribution in [0.3, 0.4) is 0 Å². The summed E-state index contributed by atoms with van der Waals surface area (Å²) in [6, 6.07) is 7.00. The Morgan fingerprint density at radius 3 is 2.55 bits per heavy atom. The molecule has 6 nitrogen and oxygen atoms in total. The van der Waals surface area contributed by atoms with Gasteiger partial charge < -0.3 is 9.47 Å². The van der Waals surface area contributed by atoms with Crippen molar-refractivity contribution >= 4 is 45.3 Å². The Morgan fingerprint density at radius 1 is 1.32 bits per heavy atom. The molecule has 31 heavy (non-hydrogen) atoms. The summed E-state index contributed by atoms with van der Waals surface area (Å²) in [5, 5.41) is -0.288. The van der Waals surface area contributed by atoms with E-state index in [9.17, 15) is 17.6 Å². The summed E-state index contributed by atoms with van der Waals surface area (Å²) in [7, 11) is -2.57. The average molecular weight is 488 g/mol. The predicted octanol–water partition coefficient (Wildman–Crippen LogP) is 4.40. The van der Waals surface area contributed by atoms with Crippen LogP contribution in [0.4, 0.5) is 4.39 Å². The van der Waals surface area contributed by atoms with Crippen LogP contribution in [0.1, 0.15) is 12.5 Å². The summed E-state index contributed by atoms with van der Waals surface area (Å²) in [4.78, 5) is 11.4. The van der Waals surface area contributed by atoms with E-state index in [1.54, 1.807) is 13.0 Å². The Balaban J connectivity index is 2.03. The van der Waals surface area contributed by atoms with Crippen molar-refractivity contribution in [2.24, 2.45) is 0 Å². The molecule has 0 bridgehead atoms. The van der Waals surface area contributed by atoms with Crippen LogP contribution in [0.25, 0.3) is 17.2 Å². The minimum Gasteiger partial charge on any atom is -0.463 e. The Hall–Kier alpha value is -1.97. The number of carbonyl (C=O) groups excluding carboxylic acids is 1. The third-order valence-electron chi connectivity index (χ3n) is 4.55. The maximum atomic E-state index is 14.7. The van der Waals surface area contributed by atoms with Crippen LogP contribution in [0, 0.1) is 5.82 Å². The van der Waals surface area contributed by atoms with Crippen LogP contribution in [0.2, 0.25) is 10.0 Å². The topological polar surface area (TPSA) is 76.2 Å². The Bertz CT molecular complexity index is 1110. The number of halogens is 3. The van der Waals surface area contributed by atoms with Crippen LogP contribution in [0.15, 0.2) is 41.3 Å². The van der Waals surface area contributed by atoms with E-state index < -0.39 is 21.8 Å². The fourth-order valence-electron chi connectivity index (χ4n) is 3.00. The van der Waals surface area contributed by atoms with Crippen LogP contribution in [-0.4, -0.2) is 51.6 Å². The number of epoxide rings is 1. The maximum absolute atomic E-state index is 14.7. The van der Waals surface area contributed by atoms with Gasteiger partial charge in [-0.25, -0.2) is 17.6 Å². The van der Waals surface area contributed by atoms with E-state index in [4.69, 9.17) is 32.7 Å². The fourth-order valence-corrected chi connectivity index (χ4v) is 5.35. The standard InChI is InChI=1S/C21H20Cl2FNO5S/c1-3-29-19(26)8-7-13-5-4-6-18(24)20(13)14-9-16(22)21(17(23)10-14)31(27,28)25(2)11-15-12-30-15/h4-10,15H,3,11-12H2,1-2H3/b8-7+. The summed E-state index contributed by atoms with van der Waals surface area (Å²) in [5.74, 6) is -1.16. The largest absolute Gasteiger partial charge is 0.463 e. The SMILES string of the molecule is CCOC(=O)/C=C/c1cccc(F)c1-c1cc(Cl)c(S(=O)(=O)N(C)CC2CO2)c(Cl)c1. The molecular weight excluding hydrogens is 468 g/mol. The predicted molar refractivity (Wildman–Crippen MR) is 117 cm³/mol. The van der Waals surface area contributed by atoms with Gasteiger partial charge in [0.25, 0.3) is 0 Å². The fraction of sp³-hybridized carbons (Fsp3) is 0.286. The van der Waals surface area contributed by atoms with Crippen LogP contribution in [-0.2, 0) is 24.3 Å². The Kier molecular flexibility index (Phi) is 7.39. The number of rotatable bonds is 8. The molecule has 0 aromatic heterocycles. The van der Waals surface area contributed by atoms with Crippen molar-refractivity contribution in [2.75, 3.05) is 26.8 Å². The Morgan fingerprint density at radius 2 is 1.97 bits per heavy atom. The number of sulfonamides is 1. The maximum Gasteiger partial charge on any atom is 0.330 e. The van der Waals surface area contributed by atoms with Gasteiger partial charge in [-0.2, -0.15) is 4.31 Å². The second-order valence-electron chi connectivity index (χ2n) is 6.80. The van der Waals surface area contributed by atoms with Gasteiger partial charge in [-0.1, -0.05) is 35.3 Å². The van der Waals surface area contributed by atoms with Crippen molar-refractivity contribution in [3.8, 4) is 11.1 Å². The summed E-state index contributed by atoms with van der Waals surface area (Å²) in [6.07, 6.45) is 2.44. The van der Waals surface area contributed by atoms with Crippen LogP contribution >= 0.6 is 23.2 Å². The zero-order valence-electron chi connectivity index (χ0n) is 16.8. The highest BCUT2D eigenvalue weighted by Crippen LogP contribution is 2.38. The molecule has 0 amide bonds. The first-order valence-electron chi connectivity index (χ1n) is 9.35. The quantitative estimate of drug-likeness (QED) is 0.313. The molecule has 1 aliphatic rings. The number of esters is 1. The third-order valence-corrected chi connectivity index (χ3v) is 7.30. The Labute approximate surface area is 190 Å². The van der Waals surface area contributed by atoms with Crippen molar-refractivity contribution in [3.63, 3.8) is 0 Å². The minimum absolute atomic E-state index is 0.121. The van der Waals surface area contributed by atoms with Gasteiger partial charge in [0, 0.05) is 25.2 Å². The highest BCUT2D eigenvalue weighted by molar-refractivity contribution is 7.89. The number of hydrogen-bond donors (Lipinski definition) is 0. The number of ether oxygens (including phenoxy) is 2. The zero-order chi connectivity index (χ0) is 22.8. The lowest BCUT2D eigenvalue weighted by Gasteiger charge is -2.19. The molecule has 166 valence electrons. The highest BCUT2D eigenvalue weighted by atomic mass is 35.5. The molecule has 2 aromatic rings. The molecule has 1 atom stereocenters. The molecule has 0 aliphatic carbocycles. The van der Waals surface area contributed by atoms with Gasteiger partial charge in [0.2, 0.25) is 10.0 Å². The second-order valence-corrected chi connectivity index (χ2v) is 9.60. The molecule has 2 aromatic carbocycles. The lowest BCUT2D eigenvalue weighted by molar-refractivity contribution is -0.137. The third kappa shape index (κ3) is 5.45. The summed E-state index contributed by atoms with van der Waals surface area (Å²) >= 11 is 12.6. The van der Waals surface area contributed by atoms with E-state index in [1.807, 2.05) is 0 Å². The number of benzene rings is 2. The van der Waals surface area contributed by atoms with E-state index in [-0.39, 0.29) is 45.3 Å². The molecule has 0 N–H and O–H groups in total. The molecule has 1 aliphatic heterocycles. The van der Waals surface area contributed by atoms with Gasteiger partial charge in [-0.15, -0.1) is 0 Å². The lowest BCUT2D eigenvalue weighted by atomic mass is 9.98. The van der Waals surface area contributed by atoms with E-state index >= 15 is 0 Å². The van der Waals surface area contributed by atoms with E-state index in [1.165, 1.54) is 43.5 Å². The van der Waals surface area contributed by atoms with Crippen molar-refractivity contribution in [3.05, 3.63) is 57.8 Å². The number of hydrogen-bond acceptors (Lipinski definition) is 5. The van der Waals surface area contributed by atoms with Gasteiger partial charge in [0.1, 0.15) is 10.7 Å². The molecule has 10 heteroatoms. The number of likely N-dealkylation sites (N-methyl/N-ethyl adjacent to an activating group) is 1. The minimum atomic E-state index is -3.98. The molecular formula is C21H20Cl2FNO5S. The monoisotopic (exact) mass is 487 g/mol. The highest BCUT2D eigenvalue weighted by Gasteiger charge is 2.33. The van der Waals surface area contributed by atoms with Gasteiger partial charge in [0.05, 0.1) is 29.4 Å². The van der Waals surface area contributed by atoms with Crippen molar-refractivity contribution < 1.29 is 27.1 Å². The van der Waals surface area contributed by atoms with Crippen molar-refractivity contribution in [2.45, 2.75) is 17.9 Å². The zero-order valence-corrected chi connectivity index (χ0v) is 19.1. The van der Waals surface area contributed by atoms with Crippen molar-refractivity contribution in [1.29, 1.82) is 0 Å². The molecule has 1 fully saturated rings. The molecule has 0 radical (unpaired) electrons. The van der Waals surface area contributed by atoms with Crippen LogP contribution < -0.4 is 0 Å². The van der Waals surface area contributed by atoms with E-state index in [2.05, 4.69) is 0 Å². The molecule has 1 saturated heterocycles. The van der Waals surface area contributed by atoms with Gasteiger partial charge >= 0.3 is 5.97 Å². The molecule has 1 heterocycles.